The zero-order valence-electron chi connectivity index (χ0n) is 12.9. The van der Waals surface area contributed by atoms with E-state index in [1.54, 1.807) is 0 Å². The number of halogens is 1. The van der Waals surface area contributed by atoms with Crippen molar-refractivity contribution in [3.63, 3.8) is 0 Å². The van der Waals surface area contributed by atoms with Crippen LogP contribution in [0.4, 0.5) is 5.82 Å². The van der Waals surface area contributed by atoms with Crippen LogP contribution in [0.2, 0.25) is 0 Å². The van der Waals surface area contributed by atoms with E-state index in [1.807, 2.05) is 11.8 Å². The summed E-state index contributed by atoms with van der Waals surface area (Å²) >= 11 is 5.47. The zero-order valence-corrected chi connectivity index (χ0v) is 15.3. The van der Waals surface area contributed by atoms with Crippen LogP contribution in [-0.4, -0.2) is 15.7 Å². The summed E-state index contributed by atoms with van der Waals surface area (Å²) in [4.78, 5) is 10.9. The molecule has 0 saturated heterocycles. The van der Waals surface area contributed by atoms with E-state index in [-0.39, 0.29) is 0 Å². The van der Waals surface area contributed by atoms with Crippen LogP contribution in [-0.2, 0) is 12.8 Å². The highest BCUT2D eigenvalue weighted by Gasteiger charge is 2.22. The molecule has 2 aromatic rings. The second kappa shape index (κ2) is 7.01. The first-order valence-electron chi connectivity index (χ1n) is 7.76. The summed E-state index contributed by atoms with van der Waals surface area (Å²) in [6.07, 6.45) is 2.87. The lowest BCUT2D eigenvalue weighted by molar-refractivity contribution is 0.717. The van der Waals surface area contributed by atoms with E-state index >= 15 is 0 Å². The summed E-state index contributed by atoms with van der Waals surface area (Å²) in [6.45, 7) is 4.23. The van der Waals surface area contributed by atoms with E-state index in [2.05, 4.69) is 64.3 Å². The van der Waals surface area contributed by atoms with Gasteiger partial charge in [0.15, 0.2) is 0 Å². The quantitative estimate of drug-likeness (QED) is 0.811. The second-order valence-corrected chi connectivity index (χ2v) is 7.22. The molecule has 0 aliphatic carbocycles. The van der Waals surface area contributed by atoms with Crippen molar-refractivity contribution in [1.82, 2.24) is 9.97 Å². The molecule has 1 atom stereocenters. The molecule has 1 aromatic carbocycles. The van der Waals surface area contributed by atoms with Gasteiger partial charge in [-0.25, -0.2) is 9.97 Å². The summed E-state index contributed by atoms with van der Waals surface area (Å²) in [5, 5.41) is 3.65. The minimum Gasteiger partial charge on any atom is -0.362 e. The minimum atomic E-state index is 0.322. The van der Waals surface area contributed by atoms with E-state index in [0.29, 0.717) is 6.04 Å². The Morgan fingerprint density at radius 3 is 2.73 bits per heavy atom. The average molecular weight is 378 g/mol. The highest BCUT2D eigenvalue weighted by atomic mass is 79.9. The Morgan fingerprint density at radius 2 is 1.95 bits per heavy atom. The van der Waals surface area contributed by atoms with Gasteiger partial charge in [-0.3, -0.25) is 0 Å². The predicted octanol–water partition coefficient (Wildman–Crippen LogP) is 5.01. The molecular weight excluding hydrogens is 358 g/mol. The van der Waals surface area contributed by atoms with Gasteiger partial charge in [-0.05, 0) is 46.8 Å². The average Bonchev–Trinajstić information content (AvgIpc) is 2.56. The van der Waals surface area contributed by atoms with Crippen LogP contribution >= 0.6 is 27.7 Å². The third-order valence-electron chi connectivity index (χ3n) is 3.93. The van der Waals surface area contributed by atoms with Gasteiger partial charge < -0.3 is 5.32 Å². The van der Waals surface area contributed by atoms with Crippen LogP contribution in [0.25, 0.3) is 0 Å². The minimum absolute atomic E-state index is 0.322. The molecule has 3 rings (SSSR count). The number of nitrogens with one attached hydrogen (secondary N) is 1. The van der Waals surface area contributed by atoms with Crippen molar-refractivity contribution < 1.29 is 0 Å². The molecule has 1 aromatic heterocycles. The third kappa shape index (κ3) is 3.15. The van der Waals surface area contributed by atoms with E-state index < -0.39 is 0 Å². The number of aryl methyl sites for hydroxylation is 2. The molecule has 1 N–H and O–H groups in total. The van der Waals surface area contributed by atoms with Crippen molar-refractivity contribution in [2.45, 2.75) is 44.0 Å². The maximum Gasteiger partial charge on any atom is 0.148 e. The first-order chi connectivity index (χ1) is 10.7. The molecule has 2 heterocycles. The normalized spacial score (nSPS) is 17.1. The lowest BCUT2D eigenvalue weighted by Crippen LogP contribution is -2.18. The van der Waals surface area contributed by atoms with Gasteiger partial charge in [0.05, 0.1) is 17.4 Å². The van der Waals surface area contributed by atoms with Crippen LogP contribution in [0.3, 0.4) is 0 Å². The number of rotatable bonds is 4. The van der Waals surface area contributed by atoms with Crippen molar-refractivity contribution in [2.75, 3.05) is 11.1 Å². The van der Waals surface area contributed by atoms with E-state index in [1.165, 1.54) is 10.5 Å². The van der Waals surface area contributed by atoms with Crippen LogP contribution in [0.15, 0.2) is 33.8 Å². The predicted molar refractivity (Wildman–Crippen MR) is 96.6 cm³/mol. The van der Waals surface area contributed by atoms with Gasteiger partial charge in [0.2, 0.25) is 0 Å². The molecular formula is C17H20BrN3S. The SMILES string of the molecule is CCc1nc(NC2CCSc3ccccc32)c(CC)nc1Br. The van der Waals surface area contributed by atoms with Crippen molar-refractivity contribution in [1.29, 1.82) is 0 Å². The Balaban J connectivity index is 1.94. The number of thioether (sulfide) groups is 1. The van der Waals surface area contributed by atoms with Crippen molar-refractivity contribution in [3.05, 3.63) is 45.8 Å². The highest BCUT2D eigenvalue weighted by Crippen LogP contribution is 2.38. The Morgan fingerprint density at radius 1 is 1.18 bits per heavy atom. The summed E-state index contributed by atoms with van der Waals surface area (Å²) < 4.78 is 0.872. The van der Waals surface area contributed by atoms with E-state index in [9.17, 15) is 0 Å². The molecule has 5 heteroatoms. The van der Waals surface area contributed by atoms with Crippen LogP contribution in [0.1, 0.15) is 43.3 Å². The van der Waals surface area contributed by atoms with E-state index in [0.717, 1.165) is 46.8 Å². The van der Waals surface area contributed by atoms with Gasteiger partial charge in [0.25, 0.3) is 0 Å². The van der Waals surface area contributed by atoms with Gasteiger partial charge >= 0.3 is 0 Å². The fraction of sp³-hybridized carbons (Fsp3) is 0.412. The maximum atomic E-state index is 4.80. The summed E-state index contributed by atoms with van der Waals surface area (Å²) in [7, 11) is 0. The maximum absolute atomic E-state index is 4.80. The second-order valence-electron chi connectivity index (χ2n) is 5.34. The van der Waals surface area contributed by atoms with Crippen molar-refractivity contribution in [3.8, 4) is 0 Å². The monoisotopic (exact) mass is 377 g/mol. The van der Waals surface area contributed by atoms with Crippen molar-refractivity contribution >= 4 is 33.5 Å². The van der Waals surface area contributed by atoms with Gasteiger partial charge in [-0.1, -0.05) is 32.0 Å². The molecule has 0 radical (unpaired) electrons. The van der Waals surface area contributed by atoms with Crippen LogP contribution < -0.4 is 5.32 Å². The lowest BCUT2D eigenvalue weighted by Gasteiger charge is -2.27. The number of hydrogen-bond donors (Lipinski definition) is 1. The molecule has 0 amide bonds. The fourth-order valence-corrected chi connectivity index (χ4v) is 4.43. The van der Waals surface area contributed by atoms with Gasteiger partial charge in [-0.15, -0.1) is 11.8 Å². The Kier molecular flexibility index (Phi) is 5.03. The van der Waals surface area contributed by atoms with Crippen LogP contribution in [0, 0.1) is 0 Å². The fourth-order valence-electron chi connectivity index (χ4n) is 2.73. The Hall–Kier alpha value is -1.07. The van der Waals surface area contributed by atoms with Gasteiger partial charge in [0, 0.05) is 10.6 Å². The number of benzene rings is 1. The molecule has 0 bridgehead atoms. The molecule has 1 aliphatic rings. The largest absolute Gasteiger partial charge is 0.362 e. The highest BCUT2D eigenvalue weighted by molar-refractivity contribution is 9.10. The number of hydrogen-bond acceptors (Lipinski definition) is 4. The number of nitrogens with zero attached hydrogens (tertiary/aromatic N) is 2. The number of fused-ring (bicyclic) bond motifs is 1. The van der Waals surface area contributed by atoms with Crippen molar-refractivity contribution in [2.24, 2.45) is 0 Å². The molecule has 116 valence electrons. The molecule has 3 nitrogen and oxygen atoms in total. The molecule has 0 fully saturated rings. The first-order valence-corrected chi connectivity index (χ1v) is 9.54. The van der Waals surface area contributed by atoms with E-state index in [4.69, 9.17) is 4.98 Å². The molecule has 22 heavy (non-hydrogen) atoms. The molecule has 0 spiro atoms. The van der Waals surface area contributed by atoms with Crippen LogP contribution in [0.5, 0.6) is 0 Å². The third-order valence-corrected chi connectivity index (χ3v) is 5.69. The smallest absolute Gasteiger partial charge is 0.148 e. The molecule has 0 saturated carbocycles. The topological polar surface area (TPSA) is 37.8 Å². The summed E-state index contributed by atoms with van der Waals surface area (Å²) in [5.74, 6) is 2.08. The summed E-state index contributed by atoms with van der Waals surface area (Å²) in [6, 6.07) is 8.98. The standard InChI is InChI=1S/C17H20BrN3S/c1-3-12-16(18)19-13(4-2)17(20-12)21-14-9-10-22-15-8-6-5-7-11(14)15/h5-8,14H,3-4,9-10H2,1-2H3,(H,20,21). The molecule has 1 aliphatic heterocycles. The molecule has 1 unspecified atom stereocenters. The van der Waals surface area contributed by atoms with Gasteiger partial charge in [0.1, 0.15) is 10.4 Å². The lowest BCUT2D eigenvalue weighted by atomic mass is 10.0. The number of aromatic nitrogens is 2. The Labute approximate surface area is 144 Å². The zero-order chi connectivity index (χ0) is 15.5. The summed E-state index contributed by atoms with van der Waals surface area (Å²) in [5.41, 5.74) is 3.42. The number of anilines is 1. The Bertz CT molecular complexity index is 675. The van der Waals surface area contributed by atoms with Gasteiger partial charge in [-0.2, -0.15) is 0 Å². The first kappa shape index (κ1) is 15.8.